The SMILES string of the molecule is O=[N+]([O-])c1ccc(F)c(S(=O)(=O)Nc2cc(Br)ccn2)c1. The van der Waals surface area contributed by atoms with Crippen LogP contribution in [0.4, 0.5) is 15.9 Å². The first kappa shape index (κ1) is 15.3. The molecule has 110 valence electrons. The Bertz CT molecular complexity index is 813. The average molecular weight is 376 g/mol. The van der Waals surface area contributed by atoms with Crippen LogP contribution in [0.5, 0.6) is 0 Å². The van der Waals surface area contributed by atoms with Crippen molar-refractivity contribution >= 4 is 37.5 Å². The first-order valence-corrected chi connectivity index (χ1v) is 7.65. The molecule has 0 aliphatic carbocycles. The molecule has 0 atom stereocenters. The fraction of sp³-hybridized carbons (Fsp3) is 0. The quantitative estimate of drug-likeness (QED) is 0.653. The van der Waals surface area contributed by atoms with Crippen LogP contribution in [0.3, 0.4) is 0 Å². The minimum Gasteiger partial charge on any atom is -0.263 e. The van der Waals surface area contributed by atoms with Gasteiger partial charge in [0.2, 0.25) is 0 Å². The normalized spacial score (nSPS) is 11.1. The maximum absolute atomic E-state index is 13.6. The largest absolute Gasteiger partial charge is 0.271 e. The standard InChI is InChI=1S/C11H7BrFN3O4S/c12-7-3-4-14-11(5-7)15-21(19,20)10-6-8(16(17)18)1-2-9(10)13/h1-6H,(H,14,15). The van der Waals surface area contributed by atoms with Crippen molar-refractivity contribution in [3.8, 4) is 0 Å². The van der Waals surface area contributed by atoms with Crippen molar-refractivity contribution < 1.29 is 17.7 Å². The maximum Gasteiger partial charge on any atom is 0.271 e. The van der Waals surface area contributed by atoms with Crippen LogP contribution in [-0.2, 0) is 10.0 Å². The van der Waals surface area contributed by atoms with E-state index in [0.717, 1.165) is 12.1 Å². The van der Waals surface area contributed by atoms with E-state index in [1.54, 1.807) is 6.07 Å². The van der Waals surface area contributed by atoms with Crippen molar-refractivity contribution in [3.05, 3.63) is 56.9 Å². The number of hydrogen-bond donors (Lipinski definition) is 1. The number of aromatic nitrogens is 1. The van der Waals surface area contributed by atoms with Gasteiger partial charge in [0, 0.05) is 22.8 Å². The number of nitrogens with one attached hydrogen (secondary N) is 1. The monoisotopic (exact) mass is 375 g/mol. The highest BCUT2D eigenvalue weighted by Gasteiger charge is 2.23. The van der Waals surface area contributed by atoms with Gasteiger partial charge in [-0.1, -0.05) is 15.9 Å². The second-order valence-electron chi connectivity index (χ2n) is 3.84. The lowest BCUT2D eigenvalue weighted by atomic mass is 10.3. The summed E-state index contributed by atoms with van der Waals surface area (Å²) in [5, 5.41) is 10.6. The molecule has 0 fully saturated rings. The molecule has 0 aliphatic heterocycles. The number of nitrogens with zero attached hydrogens (tertiary/aromatic N) is 2. The van der Waals surface area contributed by atoms with Crippen molar-refractivity contribution in [2.24, 2.45) is 0 Å². The molecule has 0 amide bonds. The zero-order valence-electron chi connectivity index (χ0n) is 10.2. The van der Waals surface area contributed by atoms with Gasteiger partial charge in [-0.25, -0.2) is 17.8 Å². The van der Waals surface area contributed by atoms with Gasteiger partial charge < -0.3 is 0 Å². The molecule has 0 aliphatic rings. The first-order chi connectivity index (χ1) is 9.79. The Hall–Kier alpha value is -2.07. The van der Waals surface area contributed by atoms with E-state index in [-0.39, 0.29) is 5.82 Å². The Balaban J connectivity index is 2.44. The molecule has 1 aromatic carbocycles. The molecule has 0 spiro atoms. The van der Waals surface area contributed by atoms with Crippen LogP contribution in [0.2, 0.25) is 0 Å². The van der Waals surface area contributed by atoms with E-state index < -0.39 is 31.3 Å². The molecule has 0 saturated carbocycles. The van der Waals surface area contributed by atoms with Gasteiger partial charge in [-0.15, -0.1) is 0 Å². The molecule has 0 radical (unpaired) electrons. The Morgan fingerprint density at radius 2 is 2.00 bits per heavy atom. The van der Waals surface area contributed by atoms with Gasteiger partial charge in [0.05, 0.1) is 4.92 Å². The van der Waals surface area contributed by atoms with Crippen LogP contribution in [0.15, 0.2) is 45.9 Å². The topological polar surface area (TPSA) is 102 Å². The summed E-state index contributed by atoms with van der Waals surface area (Å²) in [5.41, 5.74) is -0.529. The number of benzene rings is 1. The number of nitro groups is 1. The highest BCUT2D eigenvalue weighted by molar-refractivity contribution is 9.10. The summed E-state index contributed by atoms with van der Waals surface area (Å²) in [6.45, 7) is 0. The van der Waals surface area contributed by atoms with Gasteiger partial charge in [-0.05, 0) is 18.2 Å². The summed E-state index contributed by atoms with van der Waals surface area (Å²) in [5.74, 6) is -1.14. The number of non-ortho nitro benzene ring substituents is 1. The number of halogens is 2. The predicted molar refractivity (Wildman–Crippen MR) is 75.8 cm³/mol. The fourth-order valence-corrected chi connectivity index (χ4v) is 2.90. The van der Waals surface area contributed by atoms with Gasteiger partial charge in [-0.3, -0.25) is 14.8 Å². The van der Waals surface area contributed by atoms with Gasteiger partial charge in [0.25, 0.3) is 15.7 Å². The van der Waals surface area contributed by atoms with Crippen LogP contribution in [0.1, 0.15) is 0 Å². The summed E-state index contributed by atoms with van der Waals surface area (Å²) < 4.78 is 40.4. The smallest absolute Gasteiger partial charge is 0.263 e. The zero-order valence-corrected chi connectivity index (χ0v) is 12.6. The van der Waals surface area contributed by atoms with E-state index in [2.05, 4.69) is 25.6 Å². The third-order valence-electron chi connectivity index (χ3n) is 2.38. The molecule has 21 heavy (non-hydrogen) atoms. The molecular formula is C11H7BrFN3O4S. The summed E-state index contributed by atoms with van der Waals surface area (Å²) in [4.78, 5) is 12.8. The molecule has 10 heteroatoms. The lowest BCUT2D eigenvalue weighted by Gasteiger charge is -2.08. The van der Waals surface area contributed by atoms with Crippen LogP contribution in [-0.4, -0.2) is 18.3 Å². The van der Waals surface area contributed by atoms with Gasteiger partial charge in [0.15, 0.2) is 0 Å². The number of rotatable bonds is 4. The first-order valence-electron chi connectivity index (χ1n) is 5.38. The summed E-state index contributed by atoms with van der Waals surface area (Å²) in [6, 6.07) is 5.20. The van der Waals surface area contributed by atoms with Crippen molar-refractivity contribution in [1.29, 1.82) is 0 Å². The van der Waals surface area contributed by atoms with Gasteiger partial charge in [0.1, 0.15) is 16.5 Å². The second-order valence-corrected chi connectivity index (χ2v) is 6.40. The minimum absolute atomic E-state index is 0.0460. The summed E-state index contributed by atoms with van der Waals surface area (Å²) in [6.07, 6.45) is 1.34. The molecular weight excluding hydrogens is 369 g/mol. The molecule has 2 aromatic rings. The van der Waals surface area contributed by atoms with Crippen LogP contribution in [0.25, 0.3) is 0 Å². The number of sulfonamides is 1. The van der Waals surface area contributed by atoms with E-state index in [9.17, 15) is 22.9 Å². The van der Waals surface area contributed by atoms with Gasteiger partial charge >= 0.3 is 0 Å². The Labute approximate surface area is 127 Å². The van der Waals surface area contributed by atoms with E-state index in [0.29, 0.717) is 10.5 Å². The number of anilines is 1. The van der Waals surface area contributed by atoms with E-state index in [4.69, 9.17) is 0 Å². The fourth-order valence-electron chi connectivity index (χ4n) is 1.46. The minimum atomic E-state index is -4.33. The number of hydrogen-bond acceptors (Lipinski definition) is 5. The molecule has 2 rings (SSSR count). The molecule has 1 N–H and O–H groups in total. The summed E-state index contributed by atoms with van der Waals surface area (Å²) >= 11 is 3.13. The average Bonchev–Trinajstić information content (AvgIpc) is 2.38. The van der Waals surface area contributed by atoms with Gasteiger partial charge in [-0.2, -0.15) is 0 Å². The lowest BCUT2D eigenvalue weighted by Crippen LogP contribution is -2.15. The van der Waals surface area contributed by atoms with Crippen molar-refractivity contribution in [2.75, 3.05) is 4.72 Å². The lowest BCUT2D eigenvalue weighted by molar-refractivity contribution is -0.385. The predicted octanol–water partition coefficient (Wildman–Crippen LogP) is 2.69. The Kier molecular flexibility index (Phi) is 4.19. The molecule has 0 unspecified atom stereocenters. The van der Waals surface area contributed by atoms with E-state index in [1.165, 1.54) is 12.3 Å². The summed E-state index contributed by atoms with van der Waals surface area (Å²) in [7, 11) is -4.33. The van der Waals surface area contributed by atoms with Crippen LogP contribution >= 0.6 is 15.9 Å². The third-order valence-corrected chi connectivity index (χ3v) is 4.24. The highest BCUT2D eigenvalue weighted by Crippen LogP contribution is 2.23. The van der Waals surface area contributed by atoms with Crippen molar-refractivity contribution in [2.45, 2.75) is 4.90 Å². The molecule has 1 heterocycles. The molecule has 0 bridgehead atoms. The van der Waals surface area contributed by atoms with Crippen LogP contribution in [0, 0.1) is 15.9 Å². The highest BCUT2D eigenvalue weighted by atomic mass is 79.9. The van der Waals surface area contributed by atoms with E-state index >= 15 is 0 Å². The van der Waals surface area contributed by atoms with E-state index in [1.807, 2.05) is 0 Å². The molecule has 1 aromatic heterocycles. The molecule has 0 saturated heterocycles. The van der Waals surface area contributed by atoms with Crippen molar-refractivity contribution in [3.63, 3.8) is 0 Å². The maximum atomic E-state index is 13.6. The second kappa shape index (κ2) is 5.74. The molecule has 7 nitrogen and oxygen atoms in total. The van der Waals surface area contributed by atoms with Crippen molar-refractivity contribution in [1.82, 2.24) is 4.98 Å². The Morgan fingerprint density at radius 3 is 2.62 bits per heavy atom. The Morgan fingerprint density at radius 1 is 1.29 bits per heavy atom. The number of pyridine rings is 1. The number of nitro benzene ring substituents is 1. The zero-order chi connectivity index (χ0) is 15.6. The van der Waals surface area contributed by atoms with Crippen LogP contribution < -0.4 is 4.72 Å². The third kappa shape index (κ3) is 3.52.